The molecule has 0 saturated heterocycles. The molecule has 0 saturated carbocycles. The van der Waals surface area contributed by atoms with Gasteiger partial charge in [-0.15, -0.1) is 0 Å². The molecule has 0 radical (unpaired) electrons. The third-order valence-electron chi connectivity index (χ3n) is 6.00. The normalized spacial score (nSPS) is 18.9. The van der Waals surface area contributed by atoms with E-state index < -0.39 is 15.9 Å². The van der Waals surface area contributed by atoms with Gasteiger partial charge in [0.25, 0.3) is 15.9 Å². The van der Waals surface area contributed by atoms with E-state index >= 15 is 0 Å². The Morgan fingerprint density at radius 3 is 2.66 bits per heavy atom. The van der Waals surface area contributed by atoms with Gasteiger partial charge in [-0.3, -0.25) is 9.69 Å². The first-order chi connectivity index (χ1) is 15.5. The fourth-order valence-electron chi connectivity index (χ4n) is 4.22. The molecule has 0 N–H and O–H groups in total. The van der Waals surface area contributed by atoms with E-state index in [9.17, 15) is 13.2 Å². The molecule has 0 spiro atoms. The predicted molar refractivity (Wildman–Crippen MR) is 120 cm³/mol. The van der Waals surface area contributed by atoms with E-state index in [0.29, 0.717) is 26.0 Å². The summed E-state index contributed by atoms with van der Waals surface area (Å²) in [7, 11) is -1.79. The number of rotatable bonds is 6. The first kappa shape index (κ1) is 20.8. The van der Waals surface area contributed by atoms with Crippen LogP contribution in [0, 0.1) is 0 Å². The Morgan fingerprint density at radius 2 is 1.81 bits per heavy atom. The molecule has 0 aromatic heterocycles. The van der Waals surface area contributed by atoms with Gasteiger partial charge in [-0.2, -0.15) is 0 Å². The molecule has 5 rings (SSSR count). The Labute approximate surface area is 187 Å². The second-order valence-corrected chi connectivity index (χ2v) is 9.89. The Hall–Kier alpha value is -3.10. The fourth-order valence-corrected chi connectivity index (χ4v) is 5.83. The zero-order chi connectivity index (χ0) is 22.3. The van der Waals surface area contributed by atoms with E-state index in [2.05, 4.69) is 4.90 Å². The summed E-state index contributed by atoms with van der Waals surface area (Å²) in [6, 6.07) is 18.3. The van der Waals surface area contributed by atoms with Crippen LogP contribution in [0.25, 0.3) is 10.8 Å². The van der Waals surface area contributed by atoms with Gasteiger partial charge in [0.2, 0.25) is 0 Å². The van der Waals surface area contributed by atoms with Crippen molar-refractivity contribution in [3.05, 3.63) is 66.2 Å². The SMILES string of the molecule is CN(CCCCN1C(=O)c2ccccc2S1(=O)=O)C1COc2ccc3ccccc3c2O1. The molecule has 0 fully saturated rings. The molecule has 2 heterocycles. The van der Waals surface area contributed by atoms with Crippen molar-refractivity contribution in [1.82, 2.24) is 9.21 Å². The molecular weight excluding hydrogens is 428 g/mol. The molecule has 3 aromatic rings. The molecule has 1 unspecified atom stereocenters. The number of unbranched alkanes of at least 4 members (excludes halogenated alkanes) is 1. The maximum atomic E-state index is 12.7. The van der Waals surface area contributed by atoms with Crippen LogP contribution in [0.3, 0.4) is 0 Å². The zero-order valence-corrected chi connectivity index (χ0v) is 18.5. The minimum absolute atomic E-state index is 0.0979. The van der Waals surface area contributed by atoms with Crippen molar-refractivity contribution >= 4 is 26.7 Å². The Morgan fingerprint density at radius 1 is 1.03 bits per heavy atom. The smallest absolute Gasteiger partial charge is 0.269 e. The molecule has 32 heavy (non-hydrogen) atoms. The highest BCUT2D eigenvalue weighted by Crippen LogP contribution is 2.39. The summed E-state index contributed by atoms with van der Waals surface area (Å²) in [5.74, 6) is 1.05. The third-order valence-corrected chi connectivity index (χ3v) is 7.84. The topological polar surface area (TPSA) is 76.2 Å². The van der Waals surface area contributed by atoms with Crippen molar-refractivity contribution in [2.24, 2.45) is 0 Å². The van der Waals surface area contributed by atoms with Crippen LogP contribution in [0.4, 0.5) is 0 Å². The van der Waals surface area contributed by atoms with Crippen molar-refractivity contribution < 1.29 is 22.7 Å². The average Bonchev–Trinajstić information content (AvgIpc) is 3.01. The van der Waals surface area contributed by atoms with Crippen LogP contribution in [0.1, 0.15) is 23.2 Å². The van der Waals surface area contributed by atoms with Crippen molar-refractivity contribution in [1.29, 1.82) is 0 Å². The van der Waals surface area contributed by atoms with Crippen LogP contribution in [-0.2, 0) is 10.0 Å². The number of hydrogen-bond donors (Lipinski definition) is 0. The van der Waals surface area contributed by atoms with E-state index in [1.807, 2.05) is 43.4 Å². The lowest BCUT2D eigenvalue weighted by atomic mass is 10.1. The monoisotopic (exact) mass is 452 g/mol. The molecule has 0 bridgehead atoms. The average molecular weight is 453 g/mol. The summed E-state index contributed by atoms with van der Waals surface area (Å²) < 4.78 is 38.5. The zero-order valence-electron chi connectivity index (χ0n) is 17.7. The first-order valence-electron chi connectivity index (χ1n) is 10.6. The number of fused-ring (bicyclic) bond motifs is 4. The Bertz CT molecular complexity index is 1290. The molecule has 2 aliphatic heterocycles. The maximum absolute atomic E-state index is 12.7. The lowest BCUT2D eigenvalue weighted by molar-refractivity contribution is -0.0145. The maximum Gasteiger partial charge on any atom is 0.269 e. The van der Waals surface area contributed by atoms with Gasteiger partial charge in [-0.25, -0.2) is 12.7 Å². The highest BCUT2D eigenvalue weighted by Gasteiger charge is 2.40. The molecule has 8 heteroatoms. The number of ether oxygens (including phenoxy) is 2. The number of hydrogen-bond acceptors (Lipinski definition) is 6. The summed E-state index contributed by atoms with van der Waals surface area (Å²) in [6.07, 6.45) is 1.04. The summed E-state index contributed by atoms with van der Waals surface area (Å²) >= 11 is 0. The van der Waals surface area contributed by atoms with Gasteiger partial charge in [-0.1, -0.05) is 42.5 Å². The largest absolute Gasteiger partial charge is 0.484 e. The molecule has 0 aliphatic carbocycles. The Kier molecular flexibility index (Phi) is 5.27. The van der Waals surface area contributed by atoms with E-state index in [4.69, 9.17) is 9.47 Å². The van der Waals surface area contributed by atoms with Crippen LogP contribution in [0.15, 0.2) is 65.6 Å². The standard InChI is InChI=1S/C24H24N2O5S/c1-25(22-16-30-20-13-12-17-8-2-3-9-18(17)23(20)31-22)14-6-7-15-26-24(27)19-10-4-5-11-21(19)32(26,28)29/h2-5,8-13,22H,6-7,14-16H2,1H3. The molecule has 2 aliphatic rings. The minimum Gasteiger partial charge on any atom is -0.484 e. The molecule has 1 atom stereocenters. The fraction of sp³-hybridized carbons (Fsp3) is 0.292. The highest BCUT2D eigenvalue weighted by atomic mass is 32.2. The van der Waals surface area contributed by atoms with Gasteiger partial charge in [0.15, 0.2) is 17.7 Å². The molecule has 7 nitrogen and oxygen atoms in total. The van der Waals surface area contributed by atoms with Crippen molar-refractivity contribution in [3.63, 3.8) is 0 Å². The van der Waals surface area contributed by atoms with Gasteiger partial charge < -0.3 is 9.47 Å². The third kappa shape index (κ3) is 3.49. The molecular formula is C24H24N2O5S. The van der Waals surface area contributed by atoms with Crippen molar-refractivity contribution in [2.75, 3.05) is 26.7 Å². The highest BCUT2D eigenvalue weighted by molar-refractivity contribution is 7.90. The van der Waals surface area contributed by atoms with Crippen LogP contribution >= 0.6 is 0 Å². The number of nitrogens with zero attached hydrogens (tertiary/aromatic N) is 2. The molecule has 1 amide bonds. The van der Waals surface area contributed by atoms with Crippen molar-refractivity contribution in [3.8, 4) is 11.5 Å². The number of benzene rings is 3. The first-order valence-corrected chi connectivity index (χ1v) is 12.1. The minimum atomic E-state index is -3.75. The second kappa shape index (κ2) is 8.11. The van der Waals surface area contributed by atoms with E-state index in [0.717, 1.165) is 26.6 Å². The van der Waals surface area contributed by atoms with Gasteiger partial charge >= 0.3 is 0 Å². The predicted octanol–water partition coefficient (Wildman–Crippen LogP) is 3.49. The lowest BCUT2D eigenvalue weighted by Crippen LogP contribution is -2.43. The summed E-state index contributed by atoms with van der Waals surface area (Å²) in [5.41, 5.74) is 0.253. The van der Waals surface area contributed by atoms with E-state index in [1.165, 1.54) is 6.07 Å². The second-order valence-electron chi connectivity index (χ2n) is 8.06. The van der Waals surface area contributed by atoms with Crippen LogP contribution in [0.2, 0.25) is 0 Å². The number of sulfonamides is 1. The number of likely N-dealkylation sites (N-methyl/N-ethyl adjacent to an activating group) is 1. The van der Waals surface area contributed by atoms with Gasteiger partial charge in [-0.05, 0) is 43.5 Å². The van der Waals surface area contributed by atoms with Crippen LogP contribution < -0.4 is 9.47 Å². The van der Waals surface area contributed by atoms with Crippen LogP contribution in [0.5, 0.6) is 11.5 Å². The summed E-state index contributed by atoms with van der Waals surface area (Å²) in [4.78, 5) is 14.7. The lowest BCUT2D eigenvalue weighted by Gasteiger charge is -2.33. The molecule has 3 aromatic carbocycles. The van der Waals surface area contributed by atoms with E-state index in [1.54, 1.807) is 18.2 Å². The van der Waals surface area contributed by atoms with E-state index in [-0.39, 0.29) is 23.2 Å². The van der Waals surface area contributed by atoms with Gasteiger partial charge in [0, 0.05) is 18.5 Å². The summed E-state index contributed by atoms with van der Waals surface area (Å²) in [6.45, 7) is 1.26. The quantitative estimate of drug-likeness (QED) is 0.533. The van der Waals surface area contributed by atoms with Crippen molar-refractivity contribution in [2.45, 2.75) is 24.0 Å². The molecule has 166 valence electrons. The Balaban J connectivity index is 1.19. The summed E-state index contributed by atoms with van der Waals surface area (Å²) in [5, 5.41) is 2.11. The van der Waals surface area contributed by atoms with Gasteiger partial charge in [0.1, 0.15) is 11.5 Å². The number of amides is 1. The number of carbonyl (C=O) groups excluding carboxylic acids is 1. The number of carbonyl (C=O) groups is 1. The van der Waals surface area contributed by atoms with Gasteiger partial charge in [0.05, 0.1) is 5.56 Å². The van der Waals surface area contributed by atoms with Crippen LogP contribution in [-0.4, -0.2) is 56.5 Å².